The maximum atomic E-state index is 12.7. The molecule has 2 N–H and O–H groups in total. The molecule has 0 amide bonds. The molecule has 0 saturated carbocycles. The summed E-state index contributed by atoms with van der Waals surface area (Å²) in [7, 11) is -3.15. The van der Waals surface area contributed by atoms with Gasteiger partial charge in [0.2, 0.25) is 10.0 Å². The molecule has 0 bridgehead atoms. The molecule has 0 heterocycles. The predicted octanol–water partition coefficient (Wildman–Crippen LogP) is 2.37. The lowest BCUT2D eigenvalue weighted by atomic mass is 10.3. The van der Waals surface area contributed by atoms with E-state index in [0.717, 1.165) is 0 Å². The van der Waals surface area contributed by atoms with Crippen LogP contribution in [-0.2, 0) is 19.1 Å². The monoisotopic (exact) mass is 387 g/mol. The SMILES string of the molecule is NS(=O)(=O)c1ccccc1.O=S(=O)(Cl)c1ccc(F)c(F)c1F. The fourth-order valence-corrected chi connectivity index (χ4v) is 2.73. The molecule has 5 nitrogen and oxygen atoms in total. The highest BCUT2D eigenvalue weighted by atomic mass is 35.7. The summed E-state index contributed by atoms with van der Waals surface area (Å²) in [6, 6.07) is 8.92. The van der Waals surface area contributed by atoms with Crippen LogP contribution >= 0.6 is 10.7 Å². The average molecular weight is 388 g/mol. The van der Waals surface area contributed by atoms with E-state index >= 15 is 0 Å². The smallest absolute Gasteiger partial charge is 0.225 e. The average Bonchev–Trinajstić information content (AvgIpc) is 2.44. The van der Waals surface area contributed by atoms with Crippen LogP contribution in [0.4, 0.5) is 13.2 Å². The molecule has 0 fully saturated rings. The minimum Gasteiger partial charge on any atom is -0.225 e. The van der Waals surface area contributed by atoms with Gasteiger partial charge in [-0.25, -0.2) is 35.1 Å². The summed E-state index contributed by atoms with van der Waals surface area (Å²) in [5.41, 5.74) is 0. The van der Waals surface area contributed by atoms with E-state index in [1.54, 1.807) is 18.2 Å². The Hall–Kier alpha value is -1.62. The number of primary sulfonamides is 1. The van der Waals surface area contributed by atoms with Crippen molar-refractivity contribution in [3.8, 4) is 0 Å². The lowest BCUT2D eigenvalue weighted by Crippen LogP contribution is -2.11. The third-order valence-corrected chi connectivity index (χ3v) is 4.60. The third-order valence-electron chi connectivity index (χ3n) is 2.33. The zero-order valence-electron chi connectivity index (χ0n) is 11.1. The molecular weight excluding hydrogens is 379 g/mol. The summed E-state index contributed by atoms with van der Waals surface area (Å²) in [5, 5.41) is 4.83. The van der Waals surface area contributed by atoms with E-state index in [0.29, 0.717) is 12.1 Å². The molecule has 0 spiro atoms. The summed E-state index contributed by atoms with van der Waals surface area (Å²) in [4.78, 5) is -0.928. The molecule has 0 unspecified atom stereocenters. The van der Waals surface area contributed by atoms with Gasteiger partial charge in [-0.05, 0) is 24.3 Å². The number of rotatable bonds is 2. The van der Waals surface area contributed by atoms with Gasteiger partial charge in [-0.15, -0.1) is 0 Å². The molecule has 0 aromatic heterocycles. The minimum atomic E-state index is -4.38. The standard InChI is InChI=1S/C6H2ClF3O2S.C6H7NO2S/c7-13(11,12)4-2-1-3(8)5(9)6(4)10;7-10(8,9)6-4-2-1-3-5-6/h1-2H;1-5H,(H2,7,8,9). The molecule has 2 aromatic carbocycles. The number of sulfonamides is 1. The Balaban J connectivity index is 0.000000238. The van der Waals surface area contributed by atoms with Gasteiger partial charge >= 0.3 is 0 Å². The first-order chi connectivity index (χ1) is 10.4. The van der Waals surface area contributed by atoms with Gasteiger partial charge in [0.05, 0.1) is 4.90 Å². The molecule has 23 heavy (non-hydrogen) atoms. The van der Waals surface area contributed by atoms with Gasteiger partial charge in [-0.2, -0.15) is 0 Å². The van der Waals surface area contributed by atoms with Crippen molar-refractivity contribution < 1.29 is 30.0 Å². The first kappa shape index (κ1) is 19.4. The fraction of sp³-hybridized carbons (Fsp3) is 0. The fourth-order valence-electron chi connectivity index (χ4n) is 1.31. The Morgan fingerprint density at radius 2 is 1.35 bits per heavy atom. The normalized spacial score (nSPS) is 11.5. The number of hydrogen-bond donors (Lipinski definition) is 1. The van der Waals surface area contributed by atoms with Gasteiger partial charge in [-0.3, -0.25) is 0 Å². The van der Waals surface area contributed by atoms with Gasteiger partial charge in [-0.1, -0.05) is 18.2 Å². The lowest BCUT2D eigenvalue weighted by Gasteiger charge is -1.99. The highest BCUT2D eigenvalue weighted by Gasteiger charge is 2.21. The third kappa shape index (κ3) is 5.50. The van der Waals surface area contributed by atoms with Crippen molar-refractivity contribution in [2.75, 3.05) is 0 Å². The molecule has 11 heteroatoms. The van der Waals surface area contributed by atoms with Gasteiger partial charge in [0, 0.05) is 10.7 Å². The Morgan fingerprint density at radius 1 is 0.826 bits per heavy atom. The summed E-state index contributed by atoms with van der Waals surface area (Å²) in [6.07, 6.45) is 0. The van der Waals surface area contributed by atoms with Gasteiger partial charge in [0.15, 0.2) is 17.5 Å². The topological polar surface area (TPSA) is 94.3 Å². The van der Waals surface area contributed by atoms with E-state index in [1.807, 2.05) is 0 Å². The first-order valence-corrected chi connectivity index (χ1v) is 9.46. The summed E-state index contributed by atoms with van der Waals surface area (Å²) >= 11 is 0. The van der Waals surface area contributed by atoms with Crippen LogP contribution in [0.2, 0.25) is 0 Å². The summed E-state index contributed by atoms with van der Waals surface area (Å²) in [5.74, 6) is -5.14. The maximum Gasteiger partial charge on any atom is 0.264 e. The van der Waals surface area contributed by atoms with Crippen LogP contribution in [0.3, 0.4) is 0 Å². The van der Waals surface area contributed by atoms with Crippen LogP contribution in [0, 0.1) is 17.5 Å². The van der Waals surface area contributed by atoms with Crippen molar-refractivity contribution >= 4 is 29.8 Å². The van der Waals surface area contributed by atoms with E-state index in [4.69, 9.17) is 15.8 Å². The van der Waals surface area contributed by atoms with Crippen LogP contribution in [-0.4, -0.2) is 16.8 Å². The largest absolute Gasteiger partial charge is 0.264 e. The zero-order chi connectivity index (χ0) is 17.8. The first-order valence-electron chi connectivity index (χ1n) is 5.60. The molecule has 2 rings (SSSR count). The summed E-state index contributed by atoms with van der Waals surface area (Å²) in [6.45, 7) is 0. The van der Waals surface area contributed by atoms with Gasteiger partial charge in [0.1, 0.15) is 4.90 Å². The van der Waals surface area contributed by atoms with E-state index in [2.05, 4.69) is 0 Å². The Morgan fingerprint density at radius 3 is 1.74 bits per heavy atom. The van der Waals surface area contributed by atoms with Crippen molar-refractivity contribution in [3.05, 3.63) is 59.9 Å². The second-order valence-electron chi connectivity index (χ2n) is 3.97. The van der Waals surface area contributed by atoms with Crippen molar-refractivity contribution in [2.24, 2.45) is 5.14 Å². The van der Waals surface area contributed by atoms with Crippen molar-refractivity contribution in [1.29, 1.82) is 0 Å². The maximum absolute atomic E-state index is 12.7. The molecule has 0 radical (unpaired) electrons. The van der Waals surface area contributed by atoms with Gasteiger partial charge in [0.25, 0.3) is 9.05 Å². The Kier molecular flexibility index (Phi) is 6.17. The Bertz CT molecular complexity index is 903. The van der Waals surface area contributed by atoms with Crippen LogP contribution in [0.1, 0.15) is 0 Å². The van der Waals surface area contributed by atoms with Crippen molar-refractivity contribution in [1.82, 2.24) is 0 Å². The minimum absolute atomic E-state index is 0.148. The van der Waals surface area contributed by atoms with Gasteiger partial charge < -0.3 is 0 Å². The Labute approximate surface area is 135 Å². The molecule has 126 valence electrons. The number of benzene rings is 2. The zero-order valence-corrected chi connectivity index (χ0v) is 13.5. The van der Waals surface area contributed by atoms with E-state index in [9.17, 15) is 30.0 Å². The van der Waals surface area contributed by atoms with Crippen LogP contribution in [0.25, 0.3) is 0 Å². The van der Waals surface area contributed by atoms with E-state index in [-0.39, 0.29) is 4.90 Å². The van der Waals surface area contributed by atoms with Crippen molar-refractivity contribution in [2.45, 2.75) is 9.79 Å². The summed E-state index contributed by atoms with van der Waals surface area (Å²) < 4.78 is 79.8. The second-order valence-corrected chi connectivity index (χ2v) is 8.07. The highest BCUT2D eigenvalue weighted by molar-refractivity contribution is 8.13. The molecule has 2 aromatic rings. The molecule has 0 aliphatic carbocycles. The molecular formula is C12H9ClF3NO4S2. The van der Waals surface area contributed by atoms with Crippen molar-refractivity contribution in [3.63, 3.8) is 0 Å². The number of halogens is 4. The second kappa shape index (κ2) is 7.30. The quantitative estimate of drug-likeness (QED) is 0.632. The lowest BCUT2D eigenvalue weighted by molar-refractivity contribution is 0.433. The molecule has 0 aliphatic rings. The van der Waals surface area contributed by atoms with Crippen LogP contribution in [0.15, 0.2) is 52.3 Å². The van der Waals surface area contributed by atoms with Crippen LogP contribution < -0.4 is 5.14 Å². The molecule has 0 aliphatic heterocycles. The predicted molar refractivity (Wildman–Crippen MR) is 77.2 cm³/mol. The van der Waals surface area contributed by atoms with E-state index in [1.165, 1.54) is 12.1 Å². The highest BCUT2D eigenvalue weighted by Crippen LogP contribution is 2.22. The van der Waals surface area contributed by atoms with Crippen LogP contribution in [0.5, 0.6) is 0 Å². The number of nitrogens with two attached hydrogens (primary N) is 1. The molecule has 0 saturated heterocycles. The number of hydrogen-bond acceptors (Lipinski definition) is 4. The molecule has 0 atom stereocenters. The van der Waals surface area contributed by atoms with E-state index < -0.39 is 41.4 Å².